The lowest BCUT2D eigenvalue weighted by Crippen LogP contribution is -2.38. The average Bonchev–Trinajstić information content (AvgIpc) is 2.55. The zero-order valence-electron chi connectivity index (χ0n) is 14.5. The van der Waals surface area contributed by atoms with Crippen LogP contribution in [0.4, 0.5) is 11.6 Å². The molecule has 1 aromatic rings. The summed E-state index contributed by atoms with van der Waals surface area (Å²) in [6.07, 6.45) is 2.17. The van der Waals surface area contributed by atoms with E-state index in [1.807, 2.05) is 6.07 Å². The van der Waals surface area contributed by atoms with Gasteiger partial charge < -0.3 is 20.1 Å². The summed E-state index contributed by atoms with van der Waals surface area (Å²) in [4.78, 5) is 9.09. The molecule has 0 atom stereocenters. The van der Waals surface area contributed by atoms with Gasteiger partial charge in [0.15, 0.2) is 0 Å². The molecule has 1 saturated heterocycles. The van der Waals surface area contributed by atoms with Gasteiger partial charge in [-0.15, -0.1) is 0 Å². The Labute approximate surface area is 139 Å². The van der Waals surface area contributed by atoms with Crippen molar-refractivity contribution in [3.05, 3.63) is 12.1 Å². The molecular formula is C17H30N4O2. The molecule has 6 nitrogen and oxygen atoms in total. The van der Waals surface area contributed by atoms with E-state index in [4.69, 9.17) is 15.2 Å². The van der Waals surface area contributed by atoms with Crippen LogP contribution in [0.2, 0.25) is 0 Å². The third-order valence-electron chi connectivity index (χ3n) is 3.90. The molecule has 0 bridgehead atoms. The van der Waals surface area contributed by atoms with Crippen LogP contribution in [0.25, 0.3) is 0 Å². The van der Waals surface area contributed by atoms with E-state index in [0.717, 1.165) is 70.3 Å². The monoisotopic (exact) mass is 322 g/mol. The summed E-state index contributed by atoms with van der Waals surface area (Å²) < 4.78 is 11.3. The topological polar surface area (TPSA) is 63.9 Å². The molecular weight excluding hydrogens is 292 g/mol. The molecule has 6 heteroatoms. The van der Waals surface area contributed by atoms with Crippen molar-refractivity contribution < 1.29 is 9.47 Å². The Bertz CT molecular complexity index is 458. The van der Waals surface area contributed by atoms with Crippen LogP contribution in [0.5, 0.6) is 5.75 Å². The maximum absolute atomic E-state index is 5.96. The highest BCUT2D eigenvalue weighted by Crippen LogP contribution is 2.22. The van der Waals surface area contributed by atoms with Crippen LogP contribution in [-0.4, -0.2) is 62.4 Å². The summed E-state index contributed by atoms with van der Waals surface area (Å²) in [5, 5.41) is 0. The third kappa shape index (κ3) is 5.88. The molecule has 1 aliphatic rings. The molecule has 0 radical (unpaired) electrons. The summed E-state index contributed by atoms with van der Waals surface area (Å²) in [5.74, 6) is 2.23. The Balaban J connectivity index is 1.92. The highest BCUT2D eigenvalue weighted by atomic mass is 16.5. The van der Waals surface area contributed by atoms with Gasteiger partial charge in [0.2, 0.25) is 0 Å². The summed E-state index contributed by atoms with van der Waals surface area (Å²) in [6.45, 7) is 11.5. The number of nitrogens with two attached hydrogens (primary N) is 1. The van der Waals surface area contributed by atoms with Crippen molar-refractivity contribution in [1.29, 1.82) is 0 Å². The van der Waals surface area contributed by atoms with Crippen molar-refractivity contribution in [3.63, 3.8) is 0 Å². The van der Waals surface area contributed by atoms with Crippen LogP contribution < -0.4 is 15.4 Å². The first-order valence-electron chi connectivity index (χ1n) is 8.68. The maximum Gasteiger partial charge on any atom is 0.134 e. The fraction of sp³-hybridized carbons (Fsp3) is 0.706. The predicted molar refractivity (Wildman–Crippen MR) is 94.2 cm³/mol. The largest absolute Gasteiger partial charge is 0.492 e. The van der Waals surface area contributed by atoms with Crippen molar-refractivity contribution in [2.45, 2.75) is 26.7 Å². The number of hydrogen-bond donors (Lipinski definition) is 1. The number of rotatable bonds is 9. The van der Waals surface area contributed by atoms with E-state index >= 15 is 0 Å². The Hall–Kier alpha value is -1.53. The number of nitrogen functional groups attached to an aromatic ring is 1. The summed E-state index contributed by atoms with van der Waals surface area (Å²) in [7, 11) is 0. The van der Waals surface area contributed by atoms with E-state index in [0.29, 0.717) is 12.4 Å². The number of morpholine rings is 1. The van der Waals surface area contributed by atoms with E-state index < -0.39 is 0 Å². The second-order valence-corrected chi connectivity index (χ2v) is 5.88. The molecule has 0 amide bonds. The second-order valence-electron chi connectivity index (χ2n) is 5.88. The normalized spacial score (nSPS) is 15.6. The maximum atomic E-state index is 5.96. The van der Waals surface area contributed by atoms with Crippen LogP contribution >= 0.6 is 0 Å². The SMILES string of the molecule is CCCN(CCC)c1cc(OCCN2CCOCC2)cc(N)n1. The molecule has 0 spiro atoms. The number of nitrogens with zero attached hydrogens (tertiary/aromatic N) is 3. The molecule has 23 heavy (non-hydrogen) atoms. The molecule has 0 saturated carbocycles. The highest BCUT2D eigenvalue weighted by molar-refractivity contribution is 5.51. The first kappa shape index (κ1) is 17.8. The number of hydrogen-bond acceptors (Lipinski definition) is 6. The van der Waals surface area contributed by atoms with Gasteiger partial charge in [-0.3, -0.25) is 4.90 Å². The lowest BCUT2D eigenvalue weighted by Gasteiger charge is -2.26. The minimum Gasteiger partial charge on any atom is -0.492 e. The number of anilines is 2. The summed E-state index contributed by atoms with van der Waals surface area (Å²) in [5.41, 5.74) is 5.96. The van der Waals surface area contributed by atoms with Crippen molar-refractivity contribution in [1.82, 2.24) is 9.88 Å². The highest BCUT2D eigenvalue weighted by Gasteiger charge is 2.12. The van der Waals surface area contributed by atoms with Gasteiger partial charge in [-0.25, -0.2) is 4.98 Å². The minimum absolute atomic E-state index is 0.515. The average molecular weight is 322 g/mol. The van der Waals surface area contributed by atoms with Gasteiger partial charge in [0.1, 0.15) is 24.0 Å². The Morgan fingerprint density at radius 1 is 1.22 bits per heavy atom. The Morgan fingerprint density at radius 2 is 1.91 bits per heavy atom. The van der Waals surface area contributed by atoms with Gasteiger partial charge in [0.05, 0.1) is 13.2 Å². The predicted octanol–water partition coefficient (Wildman–Crippen LogP) is 2.00. The molecule has 1 aromatic heterocycles. The Morgan fingerprint density at radius 3 is 2.57 bits per heavy atom. The molecule has 2 N–H and O–H groups in total. The molecule has 1 aliphatic heterocycles. The van der Waals surface area contributed by atoms with Crippen LogP contribution in [0, 0.1) is 0 Å². The summed E-state index contributed by atoms with van der Waals surface area (Å²) in [6, 6.07) is 3.81. The second kappa shape index (κ2) is 9.57. The van der Waals surface area contributed by atoms with Gasteiger partial charge in [0, 0.05) is 44.9 Å². The lowest BCUT2D eigenvalue weighted by atomic mass is 10.3. The lowest BCUT2D eigenvalue weighted by molar-refractivity contribution is 0.0322. The molecule has 130 valence electrons. The van der Waals surface area contributed by atoms with Crippen molar-refractivity contribution in [3.8, 4) is 5.75 Å². The van der Waals surface area contributed by atoms with E-state index in [2.05, 4.69) is 28.6 Å². The first-order chi connectivity index (χ1) is 11.2. The van der Waals surface area contributed by atoms with Gasteiger partial charge in [0.25, 0.3) is 0 Å². The van der Waals surface area contributed by atoms with E-state index in [1.54, 1.807) is 6.07 Å². The Kier molecular flexibility index (Phi) is 7.42. The van der Waals surface area contributed by atoms with Crippen molar-refractivity contribution in [2.24, 2.45) is 0 Å². The van der Waals surface area contributed by atoms with Crippen molar-refractivity contribution in [2.75, 3.05) is 63.2 Å². The molecule has 0 unspecified atom stereocenters. The smallest absolute Gasteiger partial charge is 0.134 e. The fourth-order valence-corrected chi connectivity index (χ4v) is 2.75. The third-order valence-corrected chi connectivity index (χ3v) is 3.90. The number of pyridine rings is 1. The molecule has 1 fully saturated rings. The van der Waals surface area contributed by atoms with Gasteiger partial charge in [-0.05, 0) is 12.8 Å². The van der Waals surface area contributed by atoms with Gasteiger partial charge in [-0.1, -0.05) is 13.8 Å². The van der Waals surface area contributed by atoms with E-state index in [-0.39, 0.29) is 0 Å². The fourth-order valence-electron chi connectivity index (χ4n) is 2.75. The molecule has 0 aliphatic carbocycles. The van der Waals surface area contributed by atoms with Crippen molar-refractivity contribution >= 4 is 11.6 Å². The quantitative estimate of drug-likeness (QED) is 0.750. The van der Waals surface area contributed by atoms with E-state index in [9.17, 15) is 0 Å². The first-order valence-corrected chi connectivity index (χ1v) is 8.68. The molecule has 2 heterocycles. The van der Waals surface area contributed by atoms with Gasteiger partial charge in [-0.2, -0.15) is 0 Å². The van der Waals surface area contributed by atoms with Crippen LogP contribution in [0.3, 0.4) is 0 Å². The zero-order chi connectivity index (χ0) is 16.5. The van der Waals surface area contributed by atoms with Crippen LogP contribution in [-0.2, 0) is 4.74 Å². The number of aromatic nitrogens is 1. The van der Waals surface area contributed by atoms with Crippen LogP contribution in [0.15, 0.2) is 12.1 Å². The van der Waals surface area contributed by atoms with Gasteiger partial charge >= 0.3 is 0 Å². The molecule has 0 aromatic carbocycles. The standard InChI is InChI=1S/C17H30N4O2/c1-3-5-21(6-4-2)17-14-15(13-16(18)19-17)23-12-9-20-7-10-22-11-8-20/h13-14H,3-12H2,1-2H3,(H2,18,19). The number of ether oxygens (including phenoxy) is 2. The van der Waals surface area contributed by atoms with E-state index in [1.165, 1.54) is 0 Å². The van der Waals surface area contributed by atoms with Crippen LogP contribution in [0.1, 0.15) is 26.7 Å². The zero-order valence-corrected chi connectivity index (χ0v) is 14.5. The molecule has 2 rings (SSSR count). The minimum atomic E-state index is 0.515. The summed E-state index contributed by atoms with van der Waals surface area (Å²) >= 11 is 0.